The number of alkyl halides is 2. The molecular weight excluding hydrogens is 238 g/mol. The van der Waals surface area contributed by atoms with Crippen molar-refractivity contribution in [3.63, 3.8) is 0 Å². The van der Waals surface area contributed by atoms with Crippen LogP contribution in [0.25, 0.3) is 0 Å². The summed E-state index contributed by atoms with van der Waals surface area (Å²) < 4.78 is 27.2. The van der Waals surface area contributed by atoms with Crippen LogP contribution in [0.3, 0.4) is 0 Å². The lowest BCUT2D eigenvalue weighted by atomic mass is 9.87. The van der Waals surface area contributed by atoms with Gasteiger partial charge in [-0.2, -0.15) is 0 Å². The zero-order valence-corrected chi connectivity index (χ0v) is 11.8. The molecule has 0 amide bonds. The number of thioether (sulfide) groups is 1. The highest BCUT2D eigenvalue weighted by molar-refractivity contribution is 8.02. The maximum absolute atomic E-state index is 13.5. The van der Waals surface area contributed by atoms with E-state index in [-0.39, 0.29) is 9.49 Å². The van der Waals surface area contributed by atoms with E-state index >= 15 is 0 Å². The molecule has 2 saturated carbocycles. The minimum absolute atomic E-state index is 0.0312. The normalized spacial score (nSPS) is 48.0. The van der Waals surface area contributed by atoms with Crippen molar-refractivity contribution in [2.45, 2.75) is 87.1 Å². The molecule has 3 heteroatoms. The molecular formula is C14H24F2S. The first-order valence-corrected chi connectivity index (χ1v) is 7.71. The van der Waals surface area contributed by atoms with Crippen LogP contribution in [0, 0.1) is 0 Å². The summed E-state index contributed by atoms with van der Waals surface area (Å²) in [6, 6.07) is 0. The second-order valence-electron chi connectivity index (χ2n) is 6.39. The van der Waals surface area contributed by atoms with Crippen LogP contribution < -0.4 is 0 Å². The van der Waals surface area contributed by atoms with Gasteiger partial charge in [-0.15, -0.1) is 11.8 Å². The molecule has 2 aliphatic carbocycles. The Labute approximate surface area is 108 Å². The van der Waals surface area contributed by atoms with Crippen LogP contribution in [0.5, 0.6) is 0 Å². The van der Waals surface area contributed by atoms with Gasteiger partial charge in [0.05, 0.1) is 0 Å². The van der Waals surface area contributed by atoms with E-state index in [4.69, 9.17) is 0 Å². The third kappa shape index (κ3) is 3.59. The molecule has 17 heavy (non-hydrogen) atoms. The van der Waals surface area contributed by atoms with Crippen LogP contribution in [-0.2, 0) is 0 Å². The topological polar surface area (TPSA) is 0 Å². The molecule has 4 atom stereocenters. The van der Waals surface area contributed by atoms with E-state index in [1.165, 1.54) is 0 Å². The van der Waals surface area contributed by atoms with Gasteiger partial charge in [0, 0.05) is 9.49 Å². The monoisotopic (exact) mass is 262 g/mol. The van der Waals surface area contributed by atoms with Crippen LogP contribution in [-0.4, -0.2) is 21.8 Å². The summed E-state index contributed by atoms with van der Waals surface area (Å²) in [7, 11) is 0. The fourth-order valence-electron chi connectivity index (χ4n) is 3.52. The number of rotatable bonds is 2. The average molecular weight is 262 g/mol. The zero-order valence-electron chi connectivity index (χ0n) is 11.0. The summed E-state index contributed by atoms with van der Waals surface area (Å²) in [5, 5.41) is 0. The lowest BCUT2D eigenvalue weighted by molar-refractivity contribution is 0.211. The minimum Gasteiger partial charge on any atom is -0.247 e. The first kappa shape index (κ1) is 13.6. The molecule has 0 heterocycles. The Morgan fingerprint density at radius 2 is 1.29 bits per heavy atom. The van der Waals surface area contributed by atoms with E-state index in [0.717, 1.165) is 38.5 Å². The lowest BCUT2D eigenvalue weighted by Crippen LogP contribution is -2.39. The van der Waals surface area contributed by atoms with Gasteiger partial charge < -0.3 is 0 Å². The van der Waals surface area contributed by atoms with Gasteiger partial charge in [-0.1, -0.05) is 13.8 Å². The van der Waals surface area contributed by atoms with Crippen molar-refractivity contribution < 1.29 is 8.78 Å². The third-order valence-corrected chi connectivity index (χ3v) is 5.97. The molecule has 0 aromatic carbocycles. The molecule has 0 bridgehead atoms. The summed E-state index contributed by atoms with van der Waals surface area (Å²) in [6.07, 6.45) is 5.62. The SMILES string of the molecule is CC1(SC2(C)CCCC(F)C2)CCCC(F)C1. The van der Waals surface area contributed by atoms with E-state index in [0.29, 0.717) is 12.8 Å². The third-order valence-electron chi connectivity index (χ3n) is 4.25. The van der Waals surface area contributed by atoms with Crippen molar-refractivity contribution >= 4 is 11.8 Å². The van der Waals surface area contributed by atoms with Crippen molar-refractivity contribution in [2.24, 2.45) is 0 Å². The van der Waals surface area contributed by atoms with Crippen molar-refractivity contribution in [2.75, 3.05) is 0 Å². The number of hydrogen-bond acceptors (Lipinski definition) is 1. The summed E-state index contributed by atoms with van der Waals surface area (Å²) in [5.41, 5.74) is 0. The molecule has 2 aliphatic rings. The highest BCUT2D eigenvalue weighted by atomic mass is 32.2. The van der Waals surface area contributed by atoms with Crippen LogP contribution in [0.15, 0.2) is 0 Å². The molecule has 0 spiro atoms. The molecule has 0 aliphatic heterocycles. The van der Waals surface area contributed by atoms with E-state index in [1.54, 1.807) is 0 Å². The Kier molecular flexibility index (Phi) is 4.06. The zero-order chi connectivity index (χ0) is 12.5. The molecule has 4 unspecified atom stereocenters. The van der Waals surface area contributed by atoms with E-state index in [2.05, 4.69) is 13.8 Å². The van der Waals surface area contributed by atoms with E-state index in [1.807, 2.05) is 11.8 Å². The van der Waals surface area contributed by atoms with Crippen molar-refractivity contribution in [3.05, 3.63) is 0 Å². The maximum atomic E-state index is 13.5. The predicted octanol–water partition coefficient (Wildman–Crippen LogP) is 5.06. The molecule has 0 radical (unpaired) electrons. The molecule has 0 nitrogen and oxygen atoms in total. The van der Waals surface area contributed by atoms with Gasteiger partial charge in [0.15, 0.2) is 0 Å². The second-order valence-corrected chi connectivity index (χ2v) is 8.56. The summed E-state index contributed by atoms with van der Waals surface area (Å²) in [4.78, 5) is 0. The Bertz CT molecular complexity index is 245. The van der Waals surface area contributed by atoms with Gasteiger partial charge in [-0.05, 0) is 51.4 Å². The largest absolute Gasteiger partial charge is 0.247 e. The Balaban J connectivity index is 1.98. The molecule has 100 valence electrons. The van der Waals surface area contributed by atoms with E-state index in [9.17, 15) is 8.78 Å². The first-order chi connectivity index (χ1) is 7.91. The van der Waals surface area contributed by atoms with Gasteiger partial charge in [-0.25, -0.2) is 8.78 Å². The summed E-state index contributed by atoms with van der Waals surface area (Å²) in [6.45, 7) is 4.35. The van der Waals surface area contributed by atoms with Gasteiger partial charge in [-0.3, -0.25) is 0 Å². The average Bonchev–Trinajstić information content (AvgIpc) is 2.14. The smallest absolute Gasteiger partial charge is 0.101 e. The highest BCUT2D eigenvalue weighted by Gasteiger charge is 2.42. The highest BCUT2D eigenvalue weighted by Crippen LogP contribution is 2.51. The molecule has 2 rings (SSSR count). The van der Waals surface area contributed by atoms with Crippen LogP contribution >= 0.6 is 11.8 Å². The van der Waals surface area contributed by atoms with Crippen molar-refractivity contribution in [1.82, 2.24) is 0 Å². The number of halogens is 2. The number of hydrogen-bond donors (Lipinski definition) is 0. The summed E-state index contributed by atoms with van der Waals surface area (Å²) >= 11 is 1.87. The van der Waals surface area contributed by atoms with Crippen molar-refractivity contribution in [3.8, 4) is 0 Å². The van der Waals surface area contributed by atoms with Gasteiger partial charge in [0.25, 0.3) is 0 Å². The van der Waals surface area contributed by atoms with Gasteiger partial charge >= 0.3 is 0 Å². The fraction of sp³-hybridized carbons (Fsp3) is 1.00. The van der Waals surface area contributed by atoms with Gasteiger partial charge in [0.1, 0.15) is 12.3 Å². The van der Waals surface area contributed by atoms with Crippen molar-refractivity contribution in [1.29, 1.82) is 0 Å². The molecule has 0 aromatic heterocycles. The lowest BCUT2D eigenvalue weighted by Gasteiger charge is -2.44. The Morgan fingerprint density at radius 3 is 1.65 bits per heavy atom. The first-order valence-electron chi connectivity index (χ1n) is 6.89. The Morgan fingerprint density at radius 1 is 0.882 bits per heavy atom. The maximum Gasteiger partial charge on any atom is 0.101 e. The molecule has 2 fully saturated rings. The van der Waals surface area contributed by atoms with Crippen LogP contribution in [0.2, 0.25) is 0 Å². The summed E-state index contributed by atoms with van der Waals surface area (Å²) in [5.74, 6) is 0. The Hall–Kier alpha value is 0.210. The van der Waals surface area contributed by atoms with E-state index < -0.39 is 12.3 Å². The second kappa shape index (κ2) is 5.07. The molecule has 0 N–H and O–H groups in total. The van der Waals surface area contributed by atoms with Gasteiger partial charge in [0.2, 0.25) is 0 Å². The minimum atomic E-state index is -0.644. The quantitative estimate of drug-likeness (QED) is 0.670. The van der Waals surface area contributed by atoms with Crippen LogP contribution in [0.4, 0.5) is 8.78 Å². The standard InChI is InChI=1S/C14H24F2S/c1-13(7-3-5-11(15)9-13)17-14(2)8-4-6-12(16)10-14/h11-12H,3-10H2,1-2H3. The molecule has 0 saturated heterocycles. The fourth-order valence-corrected chi connectivity index (χ4v) is 5.73. The molecule has 0 aromatic rings. The van der Waals surface area contributed by atoms with Crippen LogP contribution in [0.1, 0.15) is 65.2 Å². The predicted molar refractivity (Wildman–Crippen MR) is 71.1 cm³/mol.